The number of rotatable bonds is 4. The third kappa shape index (κ3) is 3.20. The van der Waals surface area contributed by atoms with Gasteiger partial charge in [-0.1, -0.05) is 33.2 Å². The zero-order chi connectivity index (χ0) is 15.8. The number of amides is 1. The van der Waals surface area contributed by atoms with Gasteiger partial charge in [0.2, 0.25) is 0 Å². The minimum absolute atomic E-state index is 0.296. The van der Waals surface area contributed by atoms with Crippen LogP contribution in [-0.4, -0.2) is 16.0 Å². The lowest BCUT2D eigenvalue weighted by Crippen LogP contribution is -2.11. The molecule has 2 heterocycles. The number of nitrogens with one attached hydrogen (secondary N) is 1. The van der Waals surface area contributed by atoms with Crippen molar-refractivity contribution in [2.24, 2.45) is 0 Å². The van der Waals surface area contributed by atoms with Crippen molar-refractivity contribution >= 4 is 38.3 Å². The van der Waals surface area contributed by atoms with E-state index in [2.05, 4.69) is 31.4 Å². The molecule has 0 bridgehead atoms. The Labute approximate surface area is 144 Å². The molecule has 1 aliphatic rings. The number of hydrogen-bond acceptors (Lipinski definition) is 5. The van der Waals surface area contributed by atoms with Gasteiger partial charge in [0.25, 0.3) is 5.91 Å². The Morgan fingerprint density at radius 1 is 1.35 bits per heavy atom. The molecule has 1 fully saturated rings. The summed E-state index contributed by atoms with van der Waals surface area (Å²) >= 11 is 4.83. The van der Waals surface area contributed by atoms with Gasteiger partial charge in [-0.3, -0.25) is 10.1 Å². The van der Waals surface area contributed by atoms with Gasteiger partial charge in [-0.2, -0.15) is 0 Å². The van der Waals surface area contributed by atoms with E-state index in [1.165, 1.54) is 11.3 Å². The molecule has 2 aromatic heterocycles. The Hall–Kier alpha value is -1.99. The van der Waals surface area contributed by atoms with Crippen LogP contribution in [0.2, 0.25) is 0 Å². The third-order valence-electron chi connectivity index (χ3n) is 3.59. The quantitative estimate of drug-likeness (QED) is 0.702. The van der Waals surface area contributed by atoms with Crippen molar-refractivity contribution in [3.05, 3.63) is 51.6 Å². The molecule has 0 radical (unpaired) electrons. The van der Waals surface area contributed by atoms with E-state index in [1.54, 1.807) is 6.07 Å². The zero-order valence-corrected chi connectivity index (χ0v) is 14.4. The molecule has 0 aliphatic heterocycles. The standard InChI is InChI=1S/C16H12BrN3O2S/c17-11-3-1-2-10(6-11)13-8-23-16(18-13)19-15(21)12-7-14(22-20-12)9-4-5-9/h1-3,6-9H,4-5H2,(H,18,19,21). The van der Waals surface area contributed by atoms with E-state index in [9.17, 15) is 4.79 Å². The van der Waals surface area contributed by atoms with Gasteiger partial charge in [0.1, 0.15) is 5.76 Å². The Morgan fingerprint density at radius 3 is 3.00 bits per heavy atom. The van der Waals surface area contributed by atoms with E-state index in [-0.39, 0.29) is 5.91 Å². The van der Waals surface area contributed by atoms with Crippen LogP contribution in [0.15, 0.2) is 44.7 Å². The first kappa shape index (κ1) is 14.6. The van der Waals surface area contributed by atoms with Gasteiger partial charge in [-0.05, 0) is 25.0 Å². The van der Waals surface area contributed by atoms with Gasteiger partial charge in [0.15, 0.2) is 10.8 Å². The Bertz CT molecular complexity index is 870. The van der Waals surface area contributed by atoms with Crippen LogP contribution < -0.4 is 5.32 Å². The highest BCUT2D eigenvalue weighted by Gasteiger charge is 2.29. The third-order valence-corrected chi connectivity index (χ3v) is 4.84. The van der Waals surface area contributed by atoms with Gasteiger partial charge in [-0.15, -0.1) is 11.3 Å². The Kier molecular flexibility index (Phi) is 3.74. The van der Waals surface area contributed by atoms with Crippen molar-refractivity contribution in [1.82, 2.24) is 10.1 Å². The summed E-state index contributed by atoms with van der Waals surface area (Å²) in [6.45, 7) is 0. The van der Waals surface area contributed by atoms with Crippen molar-refractivity contribution in [1.29, 1.82) is 0 Å². The van der Waals surface area contributed by atoms with Crippen LogP contribution in [0.5, 0.6) is 0 Å². The fourth-order valence-electron chi connectivity index (χ4n) is 2.23. The van der Waals surface area contributed by atoms with E-state index in [0.717, 1.165) is 34.3 Å². The van der Waals surface area contributed by atoms with E-state index < -0.39 is 0 Å². The molecule has 1 N–H and O–H groups in total. The maximum atomic E-state index is 12.2. The second-order valence-corrected chi connectivity index (χ2v) is 7.16. The molecule has 0 saturated heterocycles. The Balaban J connectivity index is 1.49. The summed E-state index contributed by atoms with van der Waals surface area (Å²) in [5.74, 6) is 0.937. The van der Waals surface area contributed by atoms with Crippen molar-refractivity contribution < 1.29 is 9.32 Å². The molecule has 0 unspecified atom stereocenters. The average molecular weight is 390 g/mol. The summed E-state index contributed by atoms with van der Waals surface area (Å²) in [4.78, 5) is 16.6. The zero-order valence-electron chi connectivity index (χ0n) is 12.0. The van der Waals surface area contributed by atoms with E-state index in [0.29, 0.717) is 16.7 Å². The lowest BCUT2D eigenvalue weighted by molar-refractivity contribution is 0.101. The monoisotopic (exact) mass is 389 g/mol. The van der Waals surface area contributed by atoms with Crippen LogP contribution in [0.3, 0.4) is 0 Å². The van der Waals surface area contributed by atoms with Crippen LogP contribution in [-0.2, 0) is 0 Å². The summed E-state index contributed by atoms with van der Waals surface area (Å²) in [6, 6.07) is 9.59. The largest absolute Gasteiger partial charge is 0.360 e. The summed E-state index contributed by atoms with van der Waals surface area (Å²) in [6.07, 6.45) is 2.22. The highest BCUT2D eigenvalue weighted by atomic mass is 79.9. The van der Waals surface area contributed by atoms with Gasteiger partial charge < -0.3 is 4.52 Å². The highest BCUT2D eigenvalue weighted by molar-refractivity contribution is 9.10. The maximum absolute atomic E-state index is 12.2. The molecule has 116 valence electrons. The van der Waals surface area contributed by atoms with Crippen LogP contribution in [0.4, 0.5) is 5.13 Å². The molecule has 1 amide bonds. The predicted molar refractivity (Wildman–Crippen MR) is 91.7 cm³/mol. The normalized spacial score (nSPS) is 14.0. The van der Waals surface area contributed by atoms with E-state index in [1.807, 2.05) is 29.6 Å². The van der Waals surface area contributed by atoms with Crippen LogP contribution in [0.25, 0.3) is 11.3 Å². The molecule has 1 aromatic carbocycles. The highest BCUT2D eigenvalue weighted by Crippen LogP contribution is 2.40. The summed E-state index contributed by atoms with van der Waals surface area (Å²) in [5, 5.41) is 9.06. The summed E-state index contributed by atoms with van der Waals surface area (Å²) in [5.41, 5.74) is 2.12. The Morgan fingerprint density at radius 2 is 2.22 bits per heavy atom. The van der Waals surface area contributed by atoms with E-state index in [4.69, 9.17) is 4.52 Å². The maximum Gasteiger partial charge on any atom is 0.279 e. The molecule has 5 nitrogen and oxygen atoms in total. The van der Waals surface area contributed by atoms with Crippen LogP contribution >= 0.6 is 27.3 Å². The minimum Gasteiger partial charge on any atom is -0.360 e. The second kappa shape index (κ2) is 5.90. The number of hydrogen-bond donors (Lipinski definition) is 1. The molecule has 0 atom stereocenters. The first-order valence-electron chi connectivity index (χ1n) is 7.18. The molecule has 1 aliphatic carbocycles. The molecular weight excluding hydrogens is 378 g/mol. The molecule has 3 aromatic rings. The average Bonchev–Trinajstić information content (AvgIpc) is 3.09. The second-order valence-electron chi connectivity index (χ2n) is 5.39. The smallest absolute Gasteiger partial charge is 0.279 e. The van der Waals surface area contributed by atoms with Gasteiger partial charge in [0.05, 0.1) is 5.69 Å². The SMILES string of the molecule is O=C(Nc1nc(-c2cccc(Br)c2)cs1)c1cc(C2CC2)on1. The van der Waals surface area contributed by atoms with Crippen molar-refractivity contribution in [2.45, 2.75) is 18.8 Å². The number of nitrogens with zero attached hydrogens (tertiary/aromatic N) is 2. The topological polar surface area (TPSA) is 68.0 Å². The predicted octanol–water partition coefficient (Wildman–Crippen LogP) is 4.69. The number of carbonyl (C=O) groups excluding carboxylic acids is 1. The first-order valence-corrected chi connectivity index (χ1v) is 8.86. The van der Waals surface area contributed by atoms with Crippen LogP contribution in [0.1, 0.15) is 35.0 Å². The number of halogens is 1. The summed E-state index contributed by atoms with van der Waals surface area (Å²) < 4.78 is 6.19. The fourth-order valence-corrected chi connectivity index (χ4v) is 3.34. The lowest BCUT2D eigenvalue weighted by Gasteiger charge is -1.98. The minimum atomic E-state index is -0.296. The molecule has 1 saturated carbocycles. The van der Waals surface area contributed by atoms with Gasteiger partial charge >= 0.3 is 0 Å². The number of carbonyl (C=O) groups is 1. The van der Waals surface area contributed by atoms with Crippen molar-refractivity contribution in [2.75, 3.05) is 5.32 Å². The number of thiazole rings is 1. The number of benzene rings is 1. The van der Waals surface area contributed by atoms with Crippen molar-refractivity contribution in [3.63, 3.8) is 0 Å². The lowest BCUT2D eigenvalue weighted by atomic mass is 10.2. The first-order chi connectivity index (χ1) is 11.2. The summed E-state index contributed by atoms with van der Waals surface area (Å²) in [7, 11) is 0. The van der Waals surface area contributed by atoms with Gasteiger partial charge in [-0.25, -0.2) is 4.98 Å². The number of aromatic nitrogens is 2. The fraction of sp³-hybridized carbons (Fsp3) is 0.188. The van der Waals surface area contributed by atoms with E-state index >= 15 is 0 Å². The number of anilines is 1. The molecular formula is C16H12BrN3O2S. The van der Waals surface area contributed by atoms with Crippen LogP contribution in [0, 0.1) is 0 Å². The van der Waals surface area contributed by atoms with Crippen molar-refractivity contribution in [3.8, 4) is 11.3 Å². The molecule has 4 rings (SSSR count). The molecule has 7 heteroatoms. The van der Waals surface area contributed by atoms with Gasteiger partial charge in [0, 0.05) is 27.4 Å². The molecule has 23 heavy (non-hydrogen) atoms. The molecule has 0 spiro atoms.